The maximum atomic E-state index is 12.9. The maximum absolute atomic E-state index is 12.9. The van der Waals surface area contributed by atoms with E-state index in [0.717, 1.165) is 37.5 Å². The molecule has 0 amide bonds. The van der Waals surface area contributed by atoms with Crippen LogP contribution in [0.2, 0.25) is 0 Å². The van der Waals surface area contributed by atoms with Gasteiger partial charge in [-0.25, -0.2) is 4.39 Å². The quantitative estimate of drug-likeness (QED) is 0.256. The van der Waals surface area contributed by atoms with Crippen LogP contribution < -0.4 is 5.32 Å². The van der Waals surface area contributed by atoms with Crippen LogP contribution in [-0.2, 0) is 16.0 Å². The number of aliphatic imine (C=N–C) groups is 1. The summed E-state index contributed by atoms with van der Waals surface area (Å²) in [7, 11) is 5.39. The van der Waals surface area contributed by atoms with Crippen molar-refractivity contribution in [2.45, 2.75) is 19.4 Å². The normalized spacial score (nSPS) is 11.1. The molecule has 0 aliphatic heterocycles. The Morgan fingerprint density at radius 3 is 2.50 bits per heavy atom. The number of rotatable bonds is 10. The summed E-state index contributed by atoms with van der Waals surface area (Å²) in [5.74, 6) is 0.612. The van der Waals surface area contributed by atoms with Gasteiger partial charge >= 0.3 is 0 Å². The highest BCUT2D eigenvalue weighted by molar-refractivity contribution is 14.0. The minimum atomic E-state index is -0.216. The molecule has 24 heavy (non-hydrogen) atoms. The van der Waals surface area contributed by atoms with E-state index in [1.807, 2.05) is 11.9 Å². The first-order chi connectivity index (χ1) is 11.2. The second kappa shape index (κ2) is 14.4. The molecule has 0 spiro atoms. The van der Waals surface area contributed by atoms with Crippen molar-refractivity contribution in [3.63, 3.8) is 0 Å². The number of nitrogens with zero attached hydrogens (tertiary/aromatic N) is 2. The van der Waals surface area contributed by atoms with Crippen LogP contribution in [0.1, 0.15) is 18.4 Å². The van der Waals surface area contributed by atoms with E-state index in [1.165, 1.54) is 12.1 Å². The number of ether oxygens (including phenoxy) is 2. The van der Waals surface area contributed by atoms with Gasteiger partial charge in [0.25, 0.3) is 0 Å². The molecule has 0 unspecified atom stereocenters. The predicted octanol–water partition coefficient (Wildman–Crippen LogP) is 2.89. The Labute approximate surface area is 161 Å². The highest BCUT2D eigenvalue weighted by atomic mass is 127. The molecule has 7 heteroatoms. The van der Waals surface area contributed by atoms with Gasteiger partial charge in [-0.05, 0) is 30.5 Å². The zero-order valence-corrected chi connectivity index (χ0v) is 17.1. The number of hydrogen-bond donors (Lipinski definition) is 1. The Morgan fingerprint density at radius 2 is 1.88 bits per heavy atom. The summed E-state index contributed by atoms with van der Waals surface area (Å²) in [4.78, 5) is 6.29. The Kier molecular flexibility index (Phi) is 13.9. The average Bonchev–Trinajstić information content (AvgIpc) is 2.55. The standard InChI is InChI=1S/C17H28FN3O2.HI/c1-19-17(20-10-4-5-11-23-13-12-22-3)21(2)14-15-6-8-16(18)9-7-15;/h6-9H,4-5,10-14H2,1-3H3,(H,19,20);1H. The fourth-order valence-electron chi connectivity index (χ4n) is 2.10. The minimum Gasteiger partial charge on any atom is -0.382 e. The molecule has 138 valence electrons. The molecule has 0 atom stereocenters. The third kappa shape index (κ3) is 10.0. The fourth-order valence-corrected chi connectivity index (χ4v) is 2.10. The second-order valence-electron chi connectivity index (χ2n) is 5.27. The molecule has 0 heterocycles. The van der Waals surface area contributed by atoms with E-state index in [4.69, 9.17) is 9.47 Å². The Morgan fingerprint density at radius 1 is 1.17 bits per heavy atom. The number of guanidine groups is 1. The third-order valence-corrected chi connectivity index (χ3v) is 3.34. The molecule has 0 aliphatic rings. The summed E-state index contributed by atoms with van der Waals surface area (Å²) < 4.78 is 23.3. The lowest BCUT2D eigenvalue weighted by Gasteiger charge is -2.22. The van der Waals surface area contributed by atoms with E-state index in [9.17, 15) is 4.39 Å². The van der Waals surface area contributed by atoms with Gasteiger partial charge in [0.2, 0.25) is 0 Å². The lowest BCUT2D eigenvalue weighted by molar-refractivity contribution is 0.0689. The topological polar surface area (TPSA) is 46.1 Å². The molecule has 1 N–H and O–H groups in total. The van der Waals surface area contributed by atoms with E-state index in [0.29, 0.717) is 19.8 Å². The first kappa shape index (κ1) is 23.1. The lowest BCUT2D eigenvalue weighted by Crippen LogP contribution is -2.38. The zero-order valence-electron chi connectivity index (χ0n) is 14.8. The van der Waals surface area contributed by atoms with Gasteiger partial charge in [0.15, 0.2) is 5.96 Å². The fraction of sp³-hybridized carbons (Fsp3) is 0.588. The molecule has 5 nitrogen and oxygen atoms in total. The second-order valence-corrected chi connectivity index (χ2v) is 5.27. The molecular formula is C17H29FIN3O2. The number of methoxy groups -OCH3 is 1. The molecular weight excluding hydrogens is 424 g/mol. The van der Waals surface area contributed by atoms with Crippen molar-refractivity contribution in [1.29, 1.82) is 0 Å². The summed E-state index contributed by atoms with van der Waals surface area (Å²) >= 11 is 0. The van der Waals surface area contributed by atoms with Gasteiger partial charge in [-0.15, -0.1) is 24.0 Å². The first-order valence-corrected chi connectivity index (χ1v) is 7.90. The summed E-state index contributed by atoms with van der Waals surface area (Å²) in [6, 6.07) is 6.53. The molecule has 1 rings (SSSR count). The van der Waals surface area contributed by atoms with Crippen molar-refractivity contribution in [2.75, 3.05) is 47.6 Å². The molecule has 0 radical (unpaired) electrons. The van der Waals surface area contributed by atoms with Crippen molar-refractivity contribution < 1.29 is 13.9 Å². The summed E-state index contributed by atoms with van der Waals surface area (Å²) in [6.45, 7) is 3.55. The van der Waals surface area contributed by atoms with Gasteiger partial charge in [-0.2, -0.15) is 0 Å². The molecule has 0 aromatic heterocycles. The molecule has 0 saturated carbocycles. The Bertz CT molecular complexity index is 458. The van der Waals surface area contributed by atoms with Crippen LogP contribution in [0.5, 0.6) is 0 Å². The van der Waals surface area contributed by atoms with Crippen LogP contribution >= 0.6 is 24.0 Å². The Balaban J connectivity index is 0.00000529. The SMILES string of the molecule is CN=C(NCCCCOCCOC)N(C)Cc1ccc(F)cc1.I. The van der Waals surface area contributed by atoms with Crippen LogP contribution in [0.25, 0.3) is 0 Å². The number of unbranched alkanes of at least 4 members (excludes halogenated alkanes) is 1. The van der Waals surface area contributed by atoms with E-state index >= 15 is 0 Å². The zero-order chi connectivity index (χ0) is 16.9. The largest absolute Gasteiger partial charge is 0.382 e. The van der Waals surface area contributed by atoms with E-state index in [1.54, 1.807) is 26.3 Å². The van der Waals surface area contributed by atoms with Gasteiger partial charge in [0, 0.05) is 40.9 Å². The van der Waals surface area contributed by atoms with Crippen LogP contribution in [0.3, 0.4) is 0 Å². The molecule has 1 aromatic rings. The van der Waals surface area contributed by atoms with E-state index < -0.39 is 0 Å². The van der Waals surface area contributed by atoms with Crippen LogP contribution in [0, 0.1) is 5.82 Å². The van der Waals surface area contributed by atoms with Gasteiger partial charge in [-0.3, -0.25) is 4.99 Å². The number of hydrogen-bond acceptors (Lipinski definition) is 3. The molecule has 0 bridgehead atoms. The van der Waals surface area contributed by atoms with Crippen molar-refractivity contribution >= 4 is 29.9 Å². The van der Waals surface area contributed by atoms with Crippen molar-refractivity contribution in [2.24, 2.45) is 4.99 Å². The smallest absolute Gasteiger partial charge is 0.193 e. The van der Waals surface area contributed by atoms with Gasteiger partial charge < -0.3 is 19.7 Å². The summed E-state index contributed by atoms with van der Waals surface area (Å²) in [6.07, 6.45) is 2.01. The van der Waals surface area contributed by atoms with Crippen LogP contribution in [0.15, 0.2) is 29.3 Å². The number of nitrogens with one attached hydrogen (secondary N) is 1. The maximum Gasteiger partial charge on any atom is 0.193 e. The van der Waals surface area contributed by atoms with Crippen molar-refractivity contribution in [3.8, 4) is 0 Å². The summed E-state index contributed by atoms with van der Waals surface area (Å²) in [5.41, 5.74) is 1.04. The number of halogens is 2. The third-order valence-electron chi connectivity index (χ3n) is 3.34. The predicted molar refractivity (Wildman–Crippen MR) is 107 cm³/mol. The molecule has 0 aliphatic carbocycles. The highest BCUT2D eigenvalue weighted by Gasteiger charge is 2.06. The van der Waals surface area contributed by atoms with E-state index in [2.05, 4.69) is 10.3 Å². The number of benzene rings is 1. The van der Waals surface area contributed by atoms with Crippen LogP contribution in [0.4, 0.5) is 4.39 Å². The van der Waals surface area contributed by atoms with Gasteiger partial charge in [0.1, 0.15) is 5.82 Å². The first-order valence-electron chi connectivity index (χ1n) is 7.90. The van der Waals surface area contributed by atoms with Crippen molar-refractivity contribution in [1.82, 2.24) is 10.2 Å². The Hall–Kier alpha value is -0.930. The van der Waals surface area contributed by atoms with E-state index in [-0.39, 0.29) is 29.8 Å². The van der Waals surface area contributed by atoms with Gasteiger partial charge in [0.05, 0.1) is 13.2 Å². The summed E-state index contributed by atoms with van der Waals surface area (Å²) in [5, 5.41) is 3.32. The van der Waals surface area contributed by atoms with Gasteiger partial charge in [-0.1, -0.05) is 12.1 Å². The monoisotopic (exact) mass is 453 g/mol. The highest BCUT2D eigenvalue weighted by Crippen LogP contribution is 2.05. The minimum absolute atomic E-state index is 0. The average molecular weight is 453 g/mol. The van der Waals surface area contributed by atoms with Crippen LogP contribution in [-0.4, -0.2) is 58.4 Å². The molecule has 0 saturated heterocycles. The lowest BCUT2D eigenvalue weighted by atomic mass is 10.2. The molecule has 1 aromatic carbocycles. The van der Waals surface area contributed by atoms with Crippen molar-refractivity contribution in [3.05, 3.63) is 35.6 Å². The molecule has 0 fully saturated rings.